The molecule has 4 rings (SSSR count). The van der Waals surface area contributed by atoms with E-state index in [0.717, 1.165) is 48.7 Å². The fraction of sp³-hybridized carbons (Fsp3) is 0.250. The van der Waals surface area contributed by atoms with E-state index in [9.17, 15) is 4.79 Å². The Labute approximate surface area is 157 Å². The lowest BCUT2D eigenvalue weighted by atomic mass is 10.1. The van der Waals surface area contributed by atoms with E-state index in [2.05, 4.69) is 31.9 Å². The van der Waals surface area contributed by atoms with Crippen molar-refractivity contribution in [2.75, 3.05) is 43.1 Å². The van der Waals surface area contributed by atoms with E-state index in [-0.39, 0.29) is 0 Å². The van der Waals surface area contributed by atoms with Crippen LogP contribution >= 0.6 is 0 Å². The zero-order valence-corrected chi connectivity index (χ0v) is 15.1. The summed E-state index contributed by atoms with van der Waals surface area (Å²) in [5.41, 5.74) is 8.70. The molecule has 1 aromatic heterocycles. The van der Waals surface area contributed by atoms with Gasteiger partial charge >= 0.3 is 0 Å². The van der Waals surface area contributed by atoms with Gasteiger partial charge in [-0.05, 0) is 24.3 Å². The molecule has 27 heavy (non-hydrogen) atoms. The van der Waals surface area contributed by atoms with Crippen LogP contribution in [0.4, 0.5) is 11.4 Å². The van der Waals surface area contributed by atoms with E-state index < -0.39 is 5.91 Å². The van der Waals surface area contributed by atoms with Gasteiger partial charge in [-0.25, -0.2) is 9.97 Å². The molecule has 1 aliphatic rings. The summed E-state index contributed by atoms with van der Waals surface area (Å²) in [6.07, 6.45) is 3.19. The second-order valence-electron chi connectivity index (χ2n) is 6.46. The number of anilines is 2. The zero-order valence-electron chi connectivity index (χ0n) is 15.1. The van der Waals surface area contributed by atoms with Crippen molar-refractivity contribution in [3.63, 3.8) is 0 Å². The summed E-state index contributed by atoms with van der Waals surface area (Å²) in [6.45, 7) is 3.49. The maximum atomic E-state index is 11.7. The standard InChI is InChI=1S/C20H21N5O2/c1-27-15-4-2-3-14(11-15)24-7-9-25(10-8-24)18-6-5-16(20(21)26)19-17(18)12-22-13-23-19/h2-6,11-13H,7-10H2,1H3,(H2,21,26). The molecule has 0 unspecified atom stereocenters. The summed E-state index contributed by atoms with van der Waals surface area (Å²) in [7, 11) is 1.68. The van der Waals surface area contributed by atoms with E-state index in [1.54, 1.807) is 19.4 Å². The molecule has 2 heterocycles. The largest absolute Gasteiger partial charge is 0.497 e. The molecule has 0 bridgehead atoms. The van der Waals surface area contributed by atoms with Crippen molar-refractivity contribution in [1.29, 1.82) is 0 Å². The molecule has 1 saturated heterocycles. The number of primary amides is 1. The summed E-state index contributed by atoms with van der Waals surface area (Å²) in [5, 5.41) is 0.851. The second-order valence-corrected chi connectivity index (χ2v) is 6.46. The van der Waals surface area contributed by atoms with E-state index in [0.29, 0.717) is 11.1 Å². The monoisotopic (exact) mass is 363 g/mol. The van der Waals surface area contributed by atoms with Crippen molar-refractivity contribution < 1.29 is 9.53 Å². The molecule has 0 saturated carbocycles. The molecule has 1 fully saturated rings. The molecule has 1 aliphatic heterocycles. The number of amides is 1. The van der Waals surface area contributed by atoms with Crippen LogP contribution in [0.1, 0.15) is 10.4 Å². The Balaban J connectivity index is 1.58. The minimum absolute atomic E-state index is 0.422. The van der Waals surface area contributed by atoms with Gasteiger partial charge in [-0.15, -0.1) is 0 Å². The number of ether oxygens (including phenoxy) is 1. The SMILES string of the molecule is COc1cccc(N2CCN(c3ccc(C(N)=O)c4ncncc34)CC2)c1. The topological polar surface area (TPSA) is 84.6 Å². The van der Waals surface area contributed by atoms with Gasteiger partial charge in [0.15, 0.2) is 0 Å². The normalized spacial score (nSPS) is 14.4. The molecule has 0 atom stereocenters. The van der Waals surface area contributed by atoms with Crippen LogP contribution in [-0.2, 0) is 0 Å². The molecule has 2 aromatic carbocycles. The number of carbonyl (C=O) groups excluding carboxylic acids is 1. The van der Waals surface area contributed by atoms with Crippen molar-refractivity contribution >= 4 is 28.2 Å². The van der Waals surface area contributed by atoms with E-state index in [4.69, 9.17) is 10.5 Å². The van der Waals surface area contributed by atoms with Crippen LogP contribution in [0.15, 0.2) is 48.9 Å². The van der Waals surface area contributed by atoms with Gasteiger partial charge in [-0.3, -0.25) is 4.79 Å². The minimum atomic E-state index is -0.479. The lowest BCUT2D eigenvalue weighted by Gasteiger charge is -2.37. The molecule has 0 radical (unpaired) electrons. The molecule has 7 heteroatoms. The maximum absolute atomic E-state index is 11.7. The van der Waals surface area contributed by atoms with Crippen LogP contribution in [-0.4, -0.2) is 49.2 Å². The van der Waals surface area contributed by atoms with Crippen LogP contribution in [0.5, 0.6) is 5.75 Å². The lowest BCUT2D eigenvalue weighted by Crippen LogP contribution is -2.46. The van der Waals surface area contributed by atoms with Crippen LogP contribution in [0.2, 0.25) is 0 Å². The average Bonchev–Trinajstić information content (AvgIpc) is 2.73. The van der Waals surface area contributed by atoms with Gasteiger partial charge in [-0.2, -0.15) is 0 Å². The first-order valence-electron chi connectivity index (χ1n) is 8.84. The highest BCUT2D eigenvalue weighted by Gasteiger charge is 2.21. The number of methoxy groups -OCH3 is 1. The van der Waals surface area contributed by atoms with Gasteiger partial charge in [0.05, 0.1) is 18.2 Å². The quantitative estimate of drug-likeness (QED) is 0.764. The first-order valence-corrected chi connectivity index (χ1v) is 8.84. The predicted octanol–water partition coefficient (Wildman–Crippen LogP) is 2.06. The highest BCUT2D eigenvalue weighted by molar-refractivity contribution is 6.07. The highest BCUT2D eigenvalue weighted by atomic mass is 16.5. The first-order chi connectivity index (χ1) is 13.2. The summed E-state index contributed by atoms with van der Waals surface area (Å²) < 4.78 is 5.33. The Morgan fingerprint density at radius 2 is 1.89 bits per heavy atom. The third kappa shape index (κ3) is 3.23. The van der Waals surface area contributed by atoms with E-state index >= 15 is 0 Å². The highest BCUT2D eigenvalue weighted by Crippen LogP contribution is 2.29. The maximum Gasteiger partial charge on any atom is 0.250 e. The number of rotatable bonds is 4. The number of carbonyl (C=O) groups is 1. The molecule has 0 aliphatic carbocycles. The van der Waals surface area contributed by atoms with Crippen molar-refractivity contribution in [2.45, 2.75) is 0 Å². The van der Waals surface area contributed by atoms with Crippen molar-refractivity contribution in [3.8, 4) is 5.75 Å². The van der Waals surface area contributed by atoms with Crippen LogP contribution in [0.25, 0.3) is 10.9 Å². The Morgan fingerprint density at radius 3 is 2.63 bits per heavy atom. The number of hydrogen-bond donors (Lipinski definition) is 1. The van der Waals surface area contributed by atoms with Crippen LogP contribution in [0.3, 0.4) is 0 Å². The lowest BCUT2D eigenvalue weighted by molar-refractivity contribution is 0.100. The number of aromatic nitrogens is 2. The molecule has 138 valence electrons. The molecule has 0 spiro atoms. The smallest absolute Gasteiger partial charge is 0.250 e. The van der Waals surface area contributed by atoms with Gasteiger partial charge in [0.1, 0.15) is 12.1 Å². The number of nitrogens with zero attached hydrogens (tertiary/aromatic N) is 4. The molecular weight excluding hydrogens is 342 g/mol. The number of benzene rings is 2. The summed E-state index contributed by atoms with van der Waals surface area (Å²) in [4.78, 5) is 24.7. The van der Waals surface area contributed by atoms with Gasteiger partial charge in [-0.1, -0.05) is 6.07 Å². The molecular formula is C20H21N5O2. The fourth-order valence-electron chi connectivity index (χ4n) is 3.55. The van der Waals surface area contributed by atoms with Crippen LogP contribution in [0, 0.1) is 0 Å². The van der Waals surface area contributed by atoms with E-state index in [1.165, 1.54) is 6.33 Å². The summed E-state index contributed by atoms with van der Waals surface area (Å²) in [6, 6.07) is 11.8. The Hall–Kier alpha value is -3.35. The average molecular weight is 363 g/mol. The fourth-order valence-corrected chi connectivity index (χ4v) is 3.55. The Bertz CT molecular complexity index is 983. The molecule has 2 N–H and O–H groups in total. The van der Waals surface area contributed by atoms with Gasteiger partial charge in [0.25, 0.3) is 5.91 Å². The molecule has 7 nitrogen and oxygen atoms in total. The number of hydrogen-bond acceptors (Lipinski definition) is 6. The number of fused-ring (bicyclic) bond motifs is 1. The molecule has 3 aromatic rings. The van der Waals surface area contributed by atoms with Gasteiger partial charge < -0.3 is 20.3 Å². The predicted molar refractivity (Wildman–Crippen MR) is 105 cm³/mol. The third-order valence-electron chi connectivity index (χ3n) is 4.96. The second kappa shape index (κ2) is 7.11. The molecule has 1 amide bonds. The van der Waals surface area contributed by atoms with Gasteiger partial charge in [0, 0.05) is 55.2 Å². The van der Waals surface area contributed by atoms with Crippen molar-refractivity contribution in [1.82, 2.24) is 9.97 Å². The first kappa shape index (κ1) is 17.1. The Kier molecular flexibility index (Phi) is 4.50. The van der Waals surface area contributed by atoms with Gasteiger partial charge in [0.2, 0.25) is 0 Å². The summed E-state index contributed by atoms with van der Waals surface area (Å²) >= 11 is 0. The van der Waals surface area contributed by atoms with Crippen LogP contribution < -0.4 is 20.3 Å². The number of nitrogens with two attached hydrogens (primary N) is 1. The third-order valence-corrected chi connectivity index (χ3v) is 4.96. The van der Waals surface area contributed by atoms with Crippen molar-refractivity contribution in [2.24, 2.45) is 5.73 Å². The zero-order chi connectivity index (χ0) is 18.8. The summed E-state index contributed by atoms with van der Waals surface area (Å²) in [5.74, 6) is 0.383. The van der Waals surface area contributed by atoms with E-state index in [1.807, 2.05) is 18.2 Å². The Morgan fingerprint density at radius 1 is 1.11 bits per heavy atom. The number of piperazine rings is 1. The minimum Gasteiger partial charge on any atom is -0.497 e. The van der Waals surface area contributed by atoms with Crippen molar-refractivity contribution in [3.05, 3.63) is 54.5 Å².